The van der Waals surface area contributed by atoms with Crippen molar-refractivity contribution in [2.75, 3.05) is 16.5 Å². The number of aromatic amines is 1. The Morgan fingerprint density at radius 1 is 1.26 bits per heavy atom. The maximum Gasteiger partial charge on any atom is 0.240 e. The van der Waals surface area contributed by atoms with Gasteiger partial charge in [0.15, 0.2) is 0 Å². The van der Waals surface area contributed by atoms with Gasteiger partial charge in [0.25, 0.3) is 0 Å². The smallest absolute Gasteiger partial charge is 0.240 e. The Bertz CT molecular complexity index is 1050. The summed E-state index contributed by atoms with van der Waals surface area (Å²) < 4.78 is 0. The summed E-state index contributed by atoms with van der Waals surface area (Å²) in [6, 6.07) is 12.1. The van der Waals surface area contributed by atoms with Crippen LogP contribution in [0.1, 0.15) is 37.3 Å². The second-order valence-electron chi connectivity index (χ2n) is 6.85. The average Bonchev–Trinajstić information content (AvgIpc) is 3.21. The van der Waals surface area contributed by atoms with Gasteiger partial charge in [-0.3, -0.25) is 4.79 Å². The van der Waals surface area contributed by atoms with Crippen LogP contribution < -0.4 is 10.7 Å². The normalized spacial score (nSPS) is 12.1. The summed E-state index contributed by atoms with van der Waals surface area (Å²) in [7, 11) is 0. The van der Waals surface area contributed by atoms with E-state index in [1.54, 1.807) is 0 Å². The molecule has 31 heavy (non-hydrogen) atoms. The fourth-order valence-electron chi connectivity index (χ4n) is 2.62. The molecule has 2 aromatic carbocycles. The molecule has 1 aromatic heterocycles. The fraction of sp³-hybridized carbons (Fsp3) is 0.238. The molecule has 0 aliphatic rings. The summed E-state index contributed by atoms with van der Waals surface area (Å²) in [4.78, 5) is 16.4. The molecule has 162 valence electrons. The highest BCUT2D eigenvalue weighted by atomic mass is 32.2. The lowest BCUT2D eigenvalue weighted by molar-refractivity contribution is -0.113. The predicted octanol–water partition coefficient (Wildman–Crippen LogP) is 3.91. The summed E-state index contributed by atoms with van der Waals surface area (Å²) >= 11 is 1.19. The van der Waals surface area contributed by atoms with Crippen molar-refractivity contribution >= 4 is 35.5 Å². The molecular weight excluding hydrogens is 416 g/mol. The number of benzene rings is 2. The Morgan fingerprint density at radius 2 is 2.03 bits per heavy atom. The molecule has 0 aliphatic heterocycles. The fourth-order valence-corrected chi connectivity index (χ4v) is 3.22. The highest BCUT2D eigenvalue weighted by Crippen LogP contribution is 2.22. The first-order valence-electron chi connectivity index (χ1n) is 9.70. The number of hydrogen-bond acceptors (Lipinski definition) is 8. The Kier molecular flexibility index (Phi) is 7.50. The standard InChI is InChI=1S/C21H24N6O3S/c1-3-13(2)14-4-7-16(8-5-14)23-19(30)12-31-21-24-20(26-27-21)25-22-11-15-6-9-17(28)10-18(15)29/h4-11,13,28-29H,3,12H2,1-2H3,(H,23,30)(H2,24,25,26,27)/b22-11-/t13-/m0/s1. The van der Waals surface area contributed by atoms with Crippen LogP contribution in [0.25, 0.3) is 0 Å². The SMILES string of the molecule is CC[C@H](C)c1ccc(NC(=O)CSc2n[nH]c(N/N=C\c3ccc(O)cc3O)n2)cc1. The quantitative estimate of drug-likeness (QED) is 0.193. The number of anilines is 2. The third-order valence-electron chi connectivity index (χ3n) is 4.56. The highest BCUT2D eigenvalue weighted by molar-refractivity contribution is 7.99. The van der Waals surface area contributed by atoms with E-state index in [0.717, 1.165) is 12.1 Å². The number of aromatic hydroxyl groups is 2. The molecule has 0 bridgehead atoms. The van der Waals surface area contributed by atoms with Crippen LogP contribution in [0, 0.1) is 0 Å². The van der Waals surface area contributed by atoms with Crippen LogP contribution in [0.5, 0.6) is 11.5 Å². The third-order valence-corrected chi connectivity index (χ3v) is 5.41. The van der Waals surface area contributed by atoms with Gasteiger partial charge in [-0.05, 0) is 42.2 Å². The molecule has 1 atom stereocenters. The number of carbonyl (C=O) groups is 1. The van der Waals surface area contributed by atoms with E-state index in [1.165, 1.54) is 41.7 Å². The summed E-state index contributed by atoms with van der Waals surface area (Å²) in [5.74, 6) is 0.658. The van der Waals surface area contributed by atoms with Crippen LogP contribution in [-0.2, 0) is 4.79 Å². The first-order valence-corrected chi connectivity index (χ1v) is 10.7. The molecule has 0 unspecified atom stereocenters. The average molecular weight is 441 g/mol. The molecule has 0 radical (unpaired) electrons. The zero-order valence-corrected chi connectivity index (χ0v) is 18.0. The van der Waals surface area contributed by atoms with Crippen molar-refractivity contribution in [3.05, 3.63) is 53.6 Å². The molecular formula is C21H24N6O3S. The monoisotopic (exact) mass is 440 g/mol. The van der Waals surface area contributed by atoms with Crippen LogP contribution in [0.3, 0.4) is 0 Å². The molecule has 1 heterocycles. The topological polar surface area (TPSA) is 136 Å². The number of hydrazone groups is 1. The van der Waals surface area contributed by atoms with E-state index in [2.05, 4.69) is 44.9 Å². The molecule has 9 nitrogen and oxygen atoms in total. The largest absolute Gasteiger partial charge is 0.508 e. The number of aromatic nitrogens is 3. The van der Waals surface area contributed by atoms with Crippen LogP contribution in [-0.4, -0.2) is 43.3 Å². The van der Waals surface area contributed by atoms with Crippen LogP contribution in [0.4, 0.5) is 11.6 Å². The second kappa shape index (κ2) is 10.5. The maximum absolute atomic E-state index is 12.2. The first-order chi connectivity index (χ1) is 14.9. The lowest BCUT2D eigenvalue weighted by Gasteiger charge is -2.10. The van der Waals surface area contributed by atoms with Gasteiger partial charge in [0.05, 0.1) is 12.0 Å². The minimum atomic E-state index is -0.151. The third kappa shape index (κ3) is 6.48. The van der Waals surface area contributed by atoms with Crippen molar-refractivity contribution in [3.63, 3.8) is 0 Å². The molecule has 0 fully saturated rings. The van der Waals surface area contributed by atoms with Crippen molar-refractivity contribution in [1.29, 1.82) is 0 Å². The molecule has 1 amide bonds. The highest BCUT2D eigenvalue weighted by Gasteiger charge is 2.09. The zero-order chi connectivity index (χ0) is 22.2. The molecule has 3 aromatic rings. The Balaban J connectivity index is 1.46. The van der Waals surface area contributed by atoms with Gasteiger partial charge in [-0.2, -0.15) is 10.1 Å². The van der Waals surface area contributed by atoms with E-state index >= 15 is 0 Å². The summed E-state index contributed by atoms with van der Waals surface area (Å²) in [6.07, 6.45) is 2.45. The van der Waals surface area contributed by atoms with Crippen LogP contribution in [0.15, 0.2) is 52.7 Å². The van der Waals surface area contributed by atoms with Crippen molar-refractivity contribution in [3.8, 4) is 11.5 Å². The van der Waals surface area contributed by atoms with Crippen molar-refractivity contribution in [2.45, 2.75) is 31.3 Å². The number of carbonyl (C=O) groups excluding carboxylic acids is 1. The van der Waals surface area contributed by atoms with E-state index < -0.39 is 0 Å². The Hall–Kier alpha value is -3.53. The predicted molar refractivity (Wildman–Crippen MR) is 122 cm³/mol. The minimum absolute atomic E-state index is 0.0355. The van der Waals surface area contributed by atoms with Gasteiger partial charge in [0.2, 0.25) is 17.0 Å². The van der Waals surface area contributed by atoms with Crippen molar-refractivity contribution in [2.24, 2.45) is 5.10 Å². The molecule has 0 aliphatic carbocycles. The number of phenolic OH excluding ortho intramolecular Hbond substituents is 2. The van der Waals surface area contributed by atoms with E-state index in [-0.39, 0.29) is 29.1 Å². The van der Waals surface area contributed by atoms with E-state index in [0.29, 0.717) is 16.6 Å². The number of hydrogen-bond donors (Lipinski definition) is 5. The van der Waals surface area contributed by atoms with Gasteiger partial charge in [-0.1, -0.05) is 37.7 Å². The van der Waals surface area contributed by atoms with Crippen LogP contribution >= 0.6 is 11.8 Å². The Labute approximate surface area is 184 Å². The number of rotatable bonds is 9. The first kappa shape index (κ1) is 22.2. The summed E-state index contributed by atoms with van der Waals surface area (Å²) in [5.41, 5.74) is 5.08. The Morgan fingerprint density at radius 3 is 2.74 bits per heavy atom. The number of thioether (sulfide) groups is 1. The lowest BCUT2D eigenvalue weighted by atomic mass is 9.99. The van der Waals surface area contributed by atoms with Gasteiger partial charge in [-0.25, -0.2) is 10.5 Å². The van der Waals surface area contributed by atoms with Gasteiger partial charge in [0, 0.05) is 17.3 Å². The van der Waals surface area contributed by atoms with Crippen molar-refractivity contribution < 1.29 is 15.0 Å². The number of H-pyrrole nitrogens is 1. The second-order valence-corrected chi connectivity index (χ2v) is 7.79. The van der Waals surface area contributed by atoms with E-state index in [9.17, 15) is 15.0 Å². The molecule has 0 saturated carbocycles. The maximum atomic E-state index is 12.2. The van der Waals surface area contributed by atoms with E-state index in [1.807, 2.05) is 24.3 Å². The van der Waals surface area contributed by atoms with Gasteiger partial charge in [-0.15, -0.1) is 5.10 Å². The van der Waals surface area contributed by atoms with Gasteiger partial charge in [0.1, 0.15) is 11.5 Å². The number of nitrogens with zero attached hydrogens (tertiary/aromatic N) is 3. The summed E-state index contributed by atoms with van der Waals surface area (Å²) in [5, 5.41) is 32.9. The number of phenols is 2. The van der Waals surface area contributed by atoms with Gasteiger partial charge >= 0.3 is 0 Å². The van der Waals surface area contributed by atoms with Crippen molar-refractivity contribution in [1.82, 2.24) is 15.2 Å². The lowest BCUT2D eigenvalue weighted by Crippen LogP contribution is -2.14. The molecule has 5 N–H and O–H groups in total. The molecule has 3 rings (SSSR count). The molecule has 0 spiro atoms. The number of amides is 1. The zero-order valence-electron chi connectivity index (χ0n) is 17.2. The van der Waals surface area contributed by atoms with Crippen LogP contribution in [0.2, 0.25) is 0 Å². The molecule has 10 heteroatoms. The van der Waals surface area contributed by atoms with E-state index in [4.69, 9.17) is 0 Å². The van der Waals surface area contributed by atoms with Gasteiger partial charge < -0.3 is 15.5 Å². The summed E-state index contributed by atoms with van der Waals surface area (Å²) in [6.45, 7) is 4.32. The number of nitrogens with one attached hydrogen (secondary N) is 3. The minimum Gasteiger partial charge on any atom is -0.508 e. The molecule has 0 saturated heterocycles.